The van der Waals surface area contributed by atoms with Gasteiger partial charge in [-0.05, 0) is 31.2 Å². The van der Waals surface area contributed by atoms with Crippen LogP contribution in [0.5, 0.6) is 0 Å². The smallest absolute Gasteiger partial charge is 0.281 e. The third-order valence-electron chi connectivity index (χ3n) is 4.72. The lowest BCUT2D eigenvalue weighted by molar-refractivity contribution is -0.113. The summed E-state index contributed by atoms with van der Waals surface area (Å²) in [5.74, 6) is -0.285. The second-order valence-electron chi connectivity index (χ2n) is 8.36. The minimum absolute atomic E-state index is 0.0960. The molecule has 0 bridgehead atoms. The predicted molar refractivity (Wildman–Crippen MR) is 120 cm³/mol. The predicted octanol–water partition coefficient (Wildman–Crippen LogP) is 3.26. The molecule has 0 radical (unpaired) electrons. The summed E-state index contributed by atoms with van der Waals surface area (Å²) in [5, 5.41) is 7.43. The van der Waals surface area contributed by atoms with Gasteiger partial charge in [-0.2, -0.15) is 14.8 Å². The van der Waals surface area contributed by atoms with E-state index in [0.717, 1.165) is 11.4 Å². The summed E-state index contributed by atoms with van der Waals surface area (Å²) in [5.41, 5.74) is 2.66. The minimum Gasteiger partial charge on any atom is -0.378 e. The molecule has 0 atom stereocenters. The first-order valence-corrected chi connectivity index (χ1v) is 9.54. The van der Waals surface area contributed by atoms with E-state index in [4.69, 9.17) is 0 Å². The van der Waals surface area contributed by atoms with Crippen molar-refractivity contribution < 1.29 is 9.59 Å². The Bertz CT molecular complexity index is 1080. The number of hydrogen-bond acceptors (Lipinski definition) is 5. The van der Waals surface area contributed by atoms with Crippen molar-refractivity contribution in [1.29, 1.82) is 0 Å². The zero-order chi connectivity index (χ0) is 22.2. The van der Waals surface area contributed by atoms with E-state index in [9.17, 15) is 9.59 Å². The summed E-state index contributed by atoms with van der Waals surface area (Å²) in [6.07, 6.45) is 0. The Morgan fingerprint density at radius 3 is 2.30 bits per heavy atom. The number of carbonyl (C=O) groups is 2. The fourth-order valence-electron chi connectivity index (χ4n) is 2.74. The highest BCUT2D eigenvalue weighted by Gasteiger charge is 2.25. The first-order chi connectivity index (χ1) is 14.0. The number of rotatable bonds is 3. The highest BCUT2D eigenvalue weighted by Crippen LogP contribution is 2.25. The van der Waals surface area contributed by atoms with Gasteiger partial charge in [0.25, 0.3) is 17.8 Å². The van der Waals surface area contributed by atoms with Gasteiger partial charge in [-0.1, -0.05) is 27.4 Å². The van der Waals surface area contributed by atoms with E-state index >= 15 is 0 Å². The molecule has 30 heavy (non-hydrogen) atoms. The first-order valence-electron chi connectivity index (χ1n) is 9.54. The number of carbonyl (C=O) groups excluding carboxylic acids is 2. The Morgan fingerprint density at radius 2 is 1.77 bits per heavy atom. The molecule has 1 N–H and O–H groups in total. The lowest BCUT2D eigenvalue weighted by Gasteiger charge is -2.14. The van der Waals surface area contributed by atoms with Crippen LogP contribution in [-0.2, 0) is 10.2 Å². The Kier molecular flexibility index (Phi) is 5.43. The fraction of sp³-hybridized carbons (Fsp3) is 0.318. The van der Waals surface area contributed by atoms with Crippen LogP contribution in [-0.4, -0.2) is 47.4 Å². The summed E-state index contributed by atoms with van der Waals surface area (Å²) >= 11 is 0. The number of aliphatic imine (C=N–C) groups is 2. The van der Waals surface area contributed by atoms with Gasteiger partial charge in [-0.3, -0.25) is 9.59 Å². The summed E-state index contributed by atoms with van der Waals surface area (Å²) in [7, 11) is 3.87. The minimum atomic E-state index is -0.471. The zero-order valence-corrected chi connectivity index (χ0v) is 18.1. The topological polar surface area (TPSA) is 91.9 Å². The molecule has 0 saturated heterocycles. The summed E-state index contributed by atoms with van der Waals surface area (Å²) in [6, 6.07) is 9.02. The second kappa shape index (κ2) is 7.70. The van der Waals surface area contributed by atoms with E-state index in [0.29, 0.717) is 17.1 Å². The van der Waals surface area contributed by atoms with E-state index in [1.54, 1.807) is 25.1 Å². The maximum absolute atomic E-state index is 12.8. The molecule has 0 spiro atoms. The Morgan fingerprint density at radius 1 is 1.13 bits per heavy atom. The molecule has 0 aliphatic carbocycles. The van der Waals surface area contributed by atoms with Crippen molar-refractivity contribution in [2.24, 2.45) is 9.98 Å². The molecule has 1 aromatic carbocycles. The average molecular weight is 406 g/mol. The summed E-state index contributed by atoms with van der Waals surface area (Å²) < 4.78 is 1.39. The highest BCUT2D eigenvalue weighted by atomic mass is 16.2. The number of nitrogens with one attached hydrogen (secondary N) is 1. The SMILES string of the molecule is C=C1C(=O)N=C(n2nc(C(C)(C)C)cc2NC(=O)c2ccc(N(C)C)cc2)N=C1C. The van der Waals surface area contributed by atoms with Crippen molar-refractivity contribution in [3.05, 3.63) is 53.7 Å². The van der Waals surface area contributed by atoms with Crippen molar-refractivity contribution in [3.8, 4) is 0 Å². The normalized spacial score (nSPS) is 14.3. The molecule has 2 aromatic rings. The third-order valence-corrected chi connectivity index (χ3v) is 4.72. The number of nitrogens with zero attached hydrogens (tertiary/aromatic N) is 5. The standard InChI is InChI=1S/C22H26N6O2/c1-13-14(2)23-21(25-19(13)29)28-18(12-17(26-28)22(3,4)5)24-20(30)15-8-10-16(11-9-15)27(6)7/h8-12H,1H2,2-7H3,(H,24,30). The van der Waals surface area contributed by atoms with Crippen LogP contribution in [0.4, 0.5) is 11.5 Å². The van der Waals surface area contributed by atoms with Crippen LogP contribution in [0.1, 0.15) is 43.7 Å². The van der Waals surface area contributed by atoms with Crippen molar-refractivity contribution in [2.45, 2.75) is 33.1 Å². The molecule has 156 valence electrons. The van der Waals surface area contributed by atoms with Crippen LogP contribution in [0.3, 0.4) is 0 Å². The van der Waals surface area contributed by atoms with Crippen LogP contribution >= 0.6 is 0 Å². The van der Waals surface area contributed by atoms with E-state index in [1.807, 2.05) is 51.9 Å². The number of benzene rings is 1. The van der Waals surface area contributed by atoms with Crippen LogP contribution in [0.25, 0.3) is 0 Å². The number of anilines is 2. The van der Waals surface area contributed by atoms with Gasteiger partial charge in [0.15, 0.2) is 0 Å². The molecule has 1 aromatic heterocycles. The van der Waals surface area contributed by atoms with Gasteiger partial charge in [-0.15, -0.1) is 0 Å². The molecule has 2 amide bonds. The van der Waals surface area contributed by atoms with Crippen LogP contribution in [0.15, 0.2) is 52.5 Å². The second-order valence-corrected chi connectivity index (χ2v) is 8.36. The largest absolute Gasteiger partial charge is 0.378 e. The van der Waals surface area contributed by atoms with Crippen molar-refractivity contribution in [2.75, 3.05) is 24.3 Å². The molecule has 8 heteroatoms. The average Bonchev–Trinajstić information content (AvgIpc) is 3.10. The number of hydrogen-bond donors (Lipinski definition) is 1. The van der Waals surface area contributed by atoms with Gasteiger partial charge in [0.05, 0.1) is 17.0 Å². The molecule has 0 saturated carbocycles. The first kappa shape index (κ1) is 21.2. The molecule has 1 aliphatic rings. The van der Waals surface area contributed by atoms with E-state index in [2.05, 4.69) is 27.0 Å². The van der Waals surface area contributed by atoms with Gasteiger partial charge in [0, 0.05) is 36.8 Å². The summed E-state index contributed by atoms with van der Waals surface area (Å²) in [6.45, 7) is 11.4. The lowest BCUT2D eigenvalue weighted by Crippen LogP contribution is -2.25. The molecule has 3 rings (SSSR count). The molecule has 2 heterocycles. The number of amides is 2. The Labute approximate surface area is 176 Å². The van der Waals surface area contributed by atoms with Crippen molar-refractivity contribution >= 4 is 35.0 Å². The van der Waals surface area contributed by atoms with Crippen molar-refractivity contribution in [3.63, 3.8) is 0 Å². The highest BCUT2D eigenvalue weighted by molar-refractivity contribution is 6.28. The molecule has 1 aliphatic heterocycles. The van der Waals surface area contributed by atoms with Crippen LogP contribution in [0.2, 0.25) is 0 Å². The van der Waals surface area contributed by atoms with Gasteiger partial charge < -0.3 is 10.2 Å². The maximum atomic E-state index is 12.8. The zero-order valence-electron chi connectivity index (χ0n) is 18.1. The van der Waals surface area contributed by atoms with Gasteiger partial charge >= 0.3 is 0 Å². The summed E-state index contributed by atoms with van der Waals surface area (Å²) in [4.78, 5) is 35.3. The van der Waals surface area contributed by atoms with Crippen LogP contribution in [0, 0.1) is 0 Å². The number of aromatic nitrogens is 2. The van der Waals surface area contributed by atoms with Crippen LogP contribution < -0.4 is 10.2 Å². The van der Waals surface area contributed by atoms with E-state index in [-0.39, 0.29) is 22.9 Å². The lowest BCUT2D eigenvalue weighted by atomic mass is 9.92. The molecular formula is C22H26N6O2. The quantitative estimate of drug-likeness (QED) is 0.792. The molecule has 0 unspecified atom stereocenters. The third kappa shape index (κ3) is 4.22. The van der Waals surface area contributed by atoms with E-state index < -0.39 is 5.91 Å². The van der Waals surface area contributed by atoms with Gasteiger partial charge in [-0.25, -0.2) is 4.99 Å². The Balaban J connectivity index is 1.99. The van der Waals surface area contributed by atoms with Gasteiger partial charge in [0.1, 0.15) is 5.82 Å². The molecule has 8 nitrogen and oxygen atoms in total. The maximum Gasteiger partial charge on any atom is 0.281 e. The fourth-order valence-corrected chi connectivity index (χ4v) is 2.74. The van der Waals surface area contributed by atoms with Crippen molar-refractivity contribution in [1.82, 2.24) is 9.78 Å². The van der Waals surface area contributed by atoms with Gasteiger partial charge in [0.2, 0.25) is 0 Å². The molecular weight excluding hydrogens is 380 g/mol. The van der Waals surface area contributed by atoms with E-state index in [1.165, 1.54) is 4.68 Å². The Hall–Kier alpha value is -3.55. The monoisotopic (exact) mass is 406 g/mol. The molecule has 0 fully saturated rings.